The zero-order valence-corrected chi connectivity index (χ0v) is 13.1. The zero-order chi connectivity index (χ0) is 15.6. The summed E-state index contributed by atoms with van der Waals surface area (Å²) in [4.78, 5) is 18.4. The first-order valence-corrected chi connectivity index (χ1v) is 8.16. The van der Waals surface area contributed by atoms with Crippen molar-refractivity contribution in [2.24, 2.45) is 0 Å². The average Bonchev–Trinajstić information content (AvgIpc) is 3.05. The Bertz CT molecular complexity index is 858. The van der Waals surface area contributed by atoms with Crippen LogP contribution in [0.3, 0.4) is 0 Å². The molecule has 3 aromatic rings. The Morgan fingerprint density at radius 3 is 2.96 bits per heavy atom. The smallest absolute Gasteiger partial charge is 0.261 e. The number of aromatic nitrogens is 1. The van der Waals surface area contributed by atoms with Gasteiger partial charge in [-0.1, -0.05) is 18.2 Å². The number of ether oxygens (including phenoxy) is 1. The van der Waals surface area contributed by atoms with Crippen molar-refractivity contribution in [1.82, 2.24) is 10.3 Å². The molecule has 114 valence electrons. The number of hydrogen-bond acceptors (Lipinski definition) is 4. The maximum absolute atomic E-state index is 12.4. The van der Waals surface area contributed by atoms with Crippen molar-refractivity contribution < 1.29 is 9.53 Å². The fourth-order valence-corrected chi connectivity index (χ4v) is 3.69. The van der Waals surface area contributed by atoms with Crippen molar-refractivity contribution in [3.05, 3.63) is 70.9 Å². The molecule has 4 nitrogen and oxygen atoms in total. The van der Waals surface area contributed by atoms with Crippen LogP contribution in [0.15, 0.2) is 54.7 Å². The molecule has 0 saturated heterocycles. The van der Waals surface area contributed by atoms with E-state index in [-0.39, 0.29) is 5.91 Å². The number of nitrogens with one attached hydrogen (secondary N) is 1. The Balaban J connectivity index is 1.55. The number of amides is 1. The summed E-state index contributed by atoms with van der Waals surface area (Å²) >= 11 is 1.51. The lowest BCUT2D eigenvalue weighted by Gasteiger charge is -2.16. The Morgan fingerprint density at radius 2 is 2.09 bits per heavy atom. The number of benzene rings is 1. The van der Waals surface area contributed by atoms with E-state index in [4.69, 9.17) is 4.74 Å². The van der Waals surface area contributed by atoms with E-state index in [1.54, 1.807) is 6.20 Å². The Morgan fingerprint density at radius 1 is 1.22 bits per heavy atom. The van der Waals surface area contributed by atoms with Crippen molar-refractivity contribution in [2.45, 2.75) is 13.2 Å². The molecule has 1 N–H and O–H groups in total. The molecule has 23 heavy (non-hydrogen) atoms. The van der Waals surface area contributed by atoms with Gasteiger partial charge in [0.1, 0.15) is 12.4 Å². The van der Waals surface area contributed by atoms with E-state index in [1.807, 2.05) is 48.5 Å². The van der Waals surface area contributed by atoms with Gasteiger partial charge in [-0.25, -0.2) is 0 Å². The van der Waals surface area contributed by atoms with Crippen LogP contribution in [0.4, 0.5) is 0 Å². The normalized spacial score (nSPS) is 12.0. The van der Waals surface area contributed by atoms with Crippen LogP contribution in [0.5, 0.6) is 5.75 Å². The molecular weight excluding hydrogens is 308 g/mol. The predicted octanol–water partition coefficient (Wildman–Crippen LogP) is 3.63. The molecule has 0 spiro atoms. The van der Waals surface area contributed by atoms with Crippen LogP contribution in [0.2, 0.25) is 0 Å². The highest BCUT2D eigenvalue weighted by Crippen LogP contribution is 2.42. The Labute approximate surface area is 137 Å². The van der Waals surface area contributed by atoms with Crippen LogP contribution in [0.1, 0.15) is 20.9 Å². The molecule has 4 rings (SSSR count). The number of rotatable bonds is 3. The first-order chi connectivity index (χ1) is 11.3. The summed E-state index contributed by atoms with van der Waals surface area (Å²) < 4.78 is 5.74. The van der Waals surface area contributed by atoms with Gasteiger partial charge in [-0.3, -0.25) is 9.78 Å². The number of carbonyl (C=O) groups excluding carboxylic acids is 1. The van der Waals surface area contributed by atoms with Crippen LogP contribution in [0, 0.1) is 0 Å². The molecule has 0 fully saturated rings. The molecule has 0 atom stereocenters. The molecule has 0 aliphatic carbocycles. The standard InChI is InChI=1S/C18H14N2O2S/c21-18(20-10-13-5-3-4-8-19-13)16-9-12-11-22-15-7-2-1-6-14(15)17(12)23-16/h1-9H,10-11H2,(H,20,21). The van der Waals surface area contributed by atoms with Gasteiger partial charge in [-0.05, 0) is 30.3 Å². The van der Waals surface area contributed by atoms with Gasteiger partial charge in [0.2, 0.25) is 0 Å². The first-order valence-electron chi connectivity index (χ1n) is 7.34. The van der Waals surface area contributed by atoms with Gasteiger partial charge in [0.25, 0.3) is 5.91 Å². The van der Waals surface area contributed by atoms with E-state index >= 15 is 0 Å². The molecule has 0 unspecified atom stereocenters. The fourth-order valence-electron chi connectivity index (χ4n) is 2.57. The Hall–Kier alpha value is -2.66. The topological polar surface area (TPSA) is 51.2 Å². The molecule has 1 aliphatic heterocycles. The maximum atomic E-state index is 12.4. The van der Waals surface area contributed by atoms with E-state index in [1.165, 1.54) is 11.3 Å². The highest BCUT2D eigenvalue weighted by Gasteiger charge is 2.22. The van der Waals surface area contributed by atoms with Crippen LogP contribution in [0.25, 0.3) is 10.4 Å². The van der Waals surface area contributed by atoms with Gasteiger partial charge in [0, 0.05) is 22.2 Å². The first kappa shape index (κ1) is 14.0. The van der Waals surface area contributed by atoms with Gasteiger partial charge in [-0.2, -0.15) is 0 Å². The summed E-state index contributed by atoms with van der Waals surface area (Å²) in [5, 5.41) is 2.92. The third-order valence-electron chi connectivity index (χ3n) is 3.70. The lowest BCUT2D eigenvalue weighted by Crippen LogP contribution is -2.22. The quantitative estimate of drug-likeness (QED) is 0.801. The third-order valence-corrected chi connectivity index (χ3v) is 4.91. The van der Waals surface area contributed by atoms with Crippen molar-refractivity contribution in [3.63, 3.8) is 0 Å². The van der Waals surface area contributed by atoms with Gasteiger partial charge < -0.3 is 10.1 Å². The van der Waals surface area contributed by atoms with Crippen LogP contribution in [-0.4, -0.2) is 10.9 Å². The summed E-state index contributed by atoms with van der Waals surface area (Å²) in [6.45, 7) is 0.936. The van der Waals surface area contributed by atoms with Crippen LogP contribution < -0.4 is 10.1 Å². The zero-order valence-electron chi connectivity index (χ0n) is 12.3. The van der Waals surface area contributed by atoms with Crippen LogP contribution in [-0.2, 0) is 13.2 Å². The van der Waals surface area contributed by atoms with Gasteiger partial charge in [0.05, 0.1) is 17.1 Å². The van der Waals surface area contributed by atoms with Crippen molar-refractivity contribution in [1.29, 1.82) is 0 Å². The number of hydrogen-bond donors (Lipinski definition) is 1. The lowest BCUT2D eigenvalue weighted by atomic mass is 10.1. The van der Waals surface area contributed by atoms with Gasteiger partial charge >= 0.3 is 0 Å². The summed E-state index contributed by atoms with van der Waals surface area (Å²) in [6.07, 6.45) is 1.72. The highest BCUT2D eigenvalue weighted by atomic mass is 32.1. The second-order valence-corrected chi connectivity index (χ2v) is 6.31. The van der Waals surface area contributed by atoms with E-state index in [9.17, 15) is 4.79 Å². The number of pyridine rings is 1. The number of para-hydroxylation sites is 1. The minimum Gasteiger partial charge on any atom is -0.488 e. The molecule has 0 radical (unpaired) electrons. The number of nitrogens with zero attached hydrogens (tertiary/aromatic N) is 1. The molecule has 0 saturated carbocycles. The number of fused-ring (bicyclic) bond motifs is 3. The second-order valence-electron chi connectivity index (χ2n) is 5.25. The summed E-state index contributed by atoms with van der Waals surface area (Å²) in [5.74, 6) is 0.801. The molecule has 0 bridgehead atoms. The molecule has 1 aromatic carbocycles. The molecule has 2 aromatic heterocycles. The molecule has 1 amide bonds. The summed E-state index contributed by atoms with van der Waals surface area (Å²) in [5.41, 5.74) is 2.97. The number of carbonyl (C=O) groups is 1. The van der Waals surface area contributed by atoms with E-state index in [0.29, 0.717) is 18.0 Å². The molecule has 1 aliphatic rings. The van der Waals surface area contributed by atoms with E-state index in [0.717, 1.165) is 27.4 Å². The minimum absolute atomic E-state index is 0.0764. The fraction of sp³-hybridized carbons (Fsp3) is 0.111. The van der Waals surface area contributed by atoms with Crippen LogP contribution >= 0.6 is 11.3 Å². The van der Waals surface area contributed by atoms with Crippen molar-refractivity contribution in [2.75, 3.05) is 0 Å². The minimum atomic E-state index is -0.0764. The highest BCUT2D eigenvalue weighted by molar-refractivity contribution is 7.17. The van der Waals surface area contributed by atoms with Crippen molar-refractivity contribution >= 4 is 17.2 Å². The predicted molar refractivity (Wildman–Crippen MR) is 89.5 cm³/mol. The monoisotopic (exact) mass is 322 g/mol. The summed E-state index contributed by atoms with van der Waals surface area (Å²) in [7, 11) is 0. The average molecular weight is 322 g/mol. The summed E-state index contributed by atoms with van der Waals surface area (Å²) in [6, 6.07) is 15.5. The number of thiophene rings is 1. The third kappa shape index (κ3) is 2.71. The maximum Gasteiger partial charge on any atom is 0.261 e. The molecule has 5 heteroatoms. The van der Waals surface area contributed by atoms with Gasteiger partial charge in [-0.15, -0.1) is 11.3 Å². The van der Waals surface area contributed by atoms with E-state index in [2.05, 4.69) is 10.3 Å². The SMILES string of the molecule is O=C(NCc1ccccn1)c1cc2c(s1)-c1ccccc1OC2. The van der Waals surface area contributed by atoms with Crippen molar-refractivity contribution in [3.8, 4) is 16.2 Å². The molecular formula is C18H14N2O2S. The Kier molecular flexibility index (Phi) is 3.55. The van der Waals surface area contributed by atoms with E-state index < -0.39 is 0 Å². The largest absolute Gasteiger partial charge is 0.488 e. The molecule has 3 heterocycles. The lowest BCUT2D eigenvalue weighted by molar-refractivity contribution is 0.0954. The van der Waals surface area contributed by atoms with Gasteiger partial charge in [0.15, 0.2) is 0 Å². The second kappa shape index (κ2) is 5.85.